The zero-order valence-corrected chi connectivity index (χ0v) is 20.9. The van der Waals surface area contributed by atoms with Gasteiger partial charge in [0.2, 0.25) is 5.91 Å². The Morgan fingerprint density at radius 2 is 1.75 bits per heavy atom. The van der Waals surface area contributed by atoms with Crippen molar-refractivity contribution in [3.63, 3.8) is 0 Å². The maximum atomic E-state index is 13.3. The summed E-state index contributed by atoms with van der Waals surface area (Å²) in [4.78, 5) is 27.8. The van der Waals surface area contributed by atoms with Crippen LogP contribution >= 0.6 is 23.2 Å². The summed E-state index contributed by atoms with van der Waals surface area (Å²) in [7, 11) is 0. The van der Waals surface area contributed by atoms with Crippen molar-refractivity contribution in [2.24, 2.45) is 5.92 Å². The molecule has 0 unspecified atom stereocenters. The Kier molecular flexibility index (Phi) is 9.85. The molecular formula is C25H32Cl2N2O3. The number of ether oxygens (including phenoxy) is 1. The molecule has 0 aliphatic rings. The predicted octanol–water partition coefficient (Wildman–Crippen LogP) is 5.57. The van der Waals surface area contributed by atoms with E-state index < -0.39 is 6.04 Å². The molecule has 7 heteroatoms. The summed E-state index contributed by atoms with van der Waals surface area (Å²) >= 11 is 12.7. The molecule has 2 aromatic carbocycles. The lowest BCUT2D eigenvalue weighted by Crippen LogP contribution is -2.50. The predicted molar refractivity (Wildman–Crippen MR) is 130 cm³/mol. The average Bonchev–Trinajstić information content (AvgIpc) is 2.74. The topological polar surface area (TPSA) is 58.6 Å². The van der Waals surface area contributed by atoms with Crippen molar-refractivity contribution in [2.75, 3.05) is 13.2 Å². The van der Waals surface area contributed by atoms with Crippen molar-refractivity contribution in [1.82, 2.24) is 10.2 Å². The molecule has 2 amide bonds. The molecular weight excluding hydrogens is 447 g/mol. The van der Waals surface area contributed by atoms with E-state index in [0.29, 0.717) is 40.2 Å². The second-order valence-corrected chi connectivity index (χ2v) is 9.16. The van der Waals surface area contributed by atoms with Crippen LogP contribution < -0.4 is 10.1 Å². The van der Waals surface area contributed by atoms with Gasteiger partial charge in [0.1, 0.15) is 11.8 Å². The third kappa shape index (κ3) is 7.14. The maximum absolute atomic E-state index is 13.3. The molecule has 0 aromatic heterocycles. The Hall–Kier alpha value is -2.24. The fraction of sp³-hybridized carbons (Fsp3) is 0.440. The van der Waals surface area contributed by atoms with Crippen molar-refractivity contribution in [3.8, 4) is 5.75 Å². The normalized spacial score (nSPS) is 11.9. The molecule has 0 aliphatic heterocycles. The molecule has 0 saturated carbocycles. The molecule has 0 radical (unpaired) electrons. The lowest BCUT2D eigenvalue weighted by molar-refractivity contribution is -0.143. The zero-order valence-electron chi connectivity index (χ0n) is 19.4. The lowest BCUT2D eigenvalue weighted by Gasteiger charge is -2.31. The Balaban J connectivity index is 2.29. The lowest BCUT2D eigenvalue weighted by atomic mass is 10.1. The number of halogens is 2. The van der Waals surface area contributed by atoms with Gasteiger partial charge in [-0.3, -0.25) is 9.59 Å². The molecule has 2 aromatic rings. The minimum atomic E-state index is -0.671. The van der Waals surface area contributed by atoms with Crippen molar-refractivity contribution in [2.45, 2.75) is 53.6 Å². The van der Waals surface area contributed by atoms with Crippen molar-refractivity contribution >= 4 is 35.0 Å². The first kappa shape index (κ1) is 26.0. The number of nitrogens with zero attached hydrogens (tertiary/aromatic N) is 1. The molecule has 0 aliphatic carbocycles. The summed E-state index contributed by atoms with van der Waals surface area (Å²) < 4.78 is 5.84. The largest absolute Gasteiger partial charge is 0.483 e. The van der Waals surface area contributed by atoms with Crippen LogP contribution in [0.1, 0.15) is 43.9 Å². The van der Waals surface area contributed by atoms with Gasteiger partial charge < -0.3 is 15.0 Å². The highest BCUT2D eigenvalue weighted by Crippen LogP contribution is 2.27. The van der Waals surface area contributed by atoms with Crippen LogP contribution in [0.25, 0.3) is 0 Å². The first-order chi connectivity index (χ1) is 15.1. The first-order valence-corrected chi connectivity index (χ1v) is 11.6. The number of nitrogens with one attached hydrogen (secondary N) is 1. The Morgan fingerprint density at radius 3 is 2.34 bits per heavy atom. The molecule has 32 heavy (non-hydrogen) atoms. The Bertz CT molecular complexity index is 927. The number of amides is 2. The van der Waals surface area contributed by atoms with E-state index >= 15 is 0 Å². The number of hydrogen-bond acceptors (Lipinski definition) is 3. The highest BCUT2D eigenvalue weighted by molar-refractivity contribution is 6.36. The fourth-order valence-electron chi connectivity index (χ4n) is 3.28. The number of carbonyl (C=O) groups excluding carboxylic acids is 2. The van der Waals surface area contributed by atoms with Crippen molar-refractivity contribution < 1.29 is 14.3 Å². The molecule has 174 valence electrons. The zero-order chi connectivity index (χ0) is 23.8. The first-order valence-electron chi connectivity index (χ1n) is 10.8. The highest BCUT2D eigenvalue weighted by Gasteiger charge is 2.30. The second-order valence-electron chi connectivity index (χ2n) is 8.34. The standard InChI is InChI=1S/C25H32Cl2N2O3/c1-6-22(25(31)28-13-16(2)3)29(14-19-20(26)8-7-9-21(19)27)24(30)15-32-23-12-17(4)10-11-18(23)5/h7-12,16,22H,6,13-15H2,1-5H3,(H,28,31)/t22-/m1/s1. The Labute approximate surface area is 201 Å². The molecule has 1 N–H and O–H groups in total. The summed E-state index contributed by atoms with van der Waals surface area (Å²) in [6.07, 6.45) is 0.446. The summed E-state index contributed by atoms with van der Waals surface area (Å²) in [5.41, 5.74) is 2.58. The van der Waals surface area contributed by atoms with Gasteiger partial charge in [-0.1, -0.05) is 62.2 Å². The molecule has 0 heterocycles. The van der Waals surface area contributed by atoms with Crippen LogP contribution in [0.15, 0.2) is 36.4 Å². The molecule has 0 fully saturated rings. The van der Waals surface area contributed by atoms with Crippen LogP contribution in [0.4, 0.5) is 0 Å². The number of rotatable bonds is 10. The van der Waals surface area contributed by atoms with Crippen LogP contribution in [0.3, 0.4) is 0 Å². The molecule has 2 rings (SSSR count). The minimum absolute atomic E-state index is 0.112. The van der Waals surface area contributed by atoms with E-state index in [-0.39, 0.29) is 25.0 Å². The fourth-order valence-corrected chi connectivity index (χ4v) is 3.80. The SMILES string of the molecule is CC[C@H](C(=O)NCC(C)C)N(Cc1c(Cl)cccc1Cl)C(=O)COc1cc(C)ccc1C. The van der Waals surface area contributed by atoms with Gasteiger partial charge in [0.15, 0.2) is 6.61 Å². The number of benzene rings is 2. The minimum Gasteiger partial charge on any atom is -0.483 e. The number of aryl methyl sites for hydroxylation is 2. The van der Waals surface area contributed by atoms with Gasteiger partial charge in [0.05, 0.1) is 0 Å². The van der Waals surface area contributed by atoms with Crippen LogP contribution in [0.5, 0.6) is 5.75 Å². The number of carbonyl (C=O) groups is 2. The monoisotopic (exact) mass is 478 g/mol. The molecule has 0 bridgehead atoms. The van der Waals surface area contributed by atoms with Crippen LogP contribution in [0, 0.1) is 19.8 Å². The molecule has 5 nitrogen and oxygen atoms in total. The highest BCUT2D eigenvalue weighted by atomic mass is 35.5. The van der Waals surface area contributed by atoms with Gasteiger partial charge in [-0.2, -0.15) is 0 Å². The molecule has 0 spiro atoms. The summed E-state index contributed by atoms with van der Waals surface area (Å²) in [5, 5.41) is 3.83. The van der Waals surface area contributed by atoms with E-state index in [0.717, 1.165) is 11.1 Å². The molecule has 1 atom stereocenters. The van der Waals surface area contributed by atoms with Crippen molar-refractivity contribution in [1.29, 1.82) is 0 Å². The van der Waals surface area contributed by atoms with E-state index in [1.54, 1.807) is 18.2 Å². The smallest absolute Gasteiger partial charge is 0.261 e. The van der Waals surface area contributed by atoms with Gasteiger partial charge in [0, 0.05) is 28.7 Å². The third-order valence-corrected chi connectivity index (χ3v) is 5.86. The average molecular weight is 479 g/mol. The summed E-state index contributed by atoms with van der Waals surface area (Å²) in [6, 6.07) is 10.3. The van der Waals surface area contributed by atoms with Gasteiger partial charge in [-0.25, -0.2) is 0 Å². The Morgan fingerprint density at radius 1 is 1.09 bits per heavy atom. The van der Waals surface area contributed by atoms with Gasteiger partial charge >= 0.3 is 0 Å². The van der Waals surface area contributed by atoms with Crippen LogP contribution in [-0.4, -0.2) is 35.9 Å². The molecule has 0 saturated heterocycles. The van der Waals surface area contributed by atoms with E-state index in [2.05, 4.69) is 5.32 Å². The van der Waals surface area contributed by atoms with E-state index in [9.17, 15) is 9.59 Å². The van der Waals surface area contributed by atoms with Gasteiger partial charge in [-0.05, 0) is 55.5 Å². The van der Waals surface area contributed by atoms with Gasteiger partial charge in [0.25, 0.3) is 5.91 Å². The third-order valence-electron chi connectivity index (χ3n) is 5.16. The quantitative estimate of drug-likeness (QED) is 0.485. The van der Waals surface area contributed by atoms with E-state index in [1.165, 1.54) is 4.90 Å². The summed E-state index contributed by atoms with van der Waals surface area (Å²) in [5.74, 6) is 0.426. The van der Waals surface area contributed by atoms with E-state index in [4.69, 9.17) is 27.9 Å². The van der Waals surface area contributed by atoms with Gasteiger partial charge in [-0.15, -0.1) is 0 Å². The van der Waals surface area contributed by atoms with Crippen molar-refractivity contribution in [3.05, 3.63) is 63.1 Å². The maximum Gasteiger partial charge on any atom is 0.261 e. The second kappa shape index (κ2) is 12.1. The van der Waals surface area contributed by atoms with Crippen LogP contribution in [-0.2, 0) is 16.1 Å². The summed E-state index contributed by atoms with van der Waals surface area (Å²) in [6.45, 7) is 10.3. The number of hydrogen-bond donors (Lipinski definition) is 1. The van der Waals surface area contributed by atoms with E-state index in [1.807, 2.05) is 52.8 Å². The van der Waals surface area contributed by atoms with Crippen LogP contribution in [0.2, 0.25) is 10.0 Å².